The van der Waals surface area contributed by atoms with Crippen LogP contribution >= 0.6 is 0 Å². The Bertz CT molecular complexity index is 485. The average molecular weight is 294 g/mol. The molecule has 1 saturated carbocycles. The largest absolute Gasteiger partial charge is 0.480 e. The number of ether oxygens (including phenoxy) is 1. The summed E-state index contributed by atoms with van der Waals surface area (Å²) < 4.78 is 19.4. The SMILES string of the molecule is CCN(CC)C(=O)COc1c(F)cccc1CNC1CC1. The summed E-state index contributed by atoms with van der Waals surface area (Å²) >= 11 is 0. The van der Waals surface area contributed by atoms with E-state index in [1.165, 1.54) is 18.9 Å². The number of amides is 1. The Morgan fingerprint density at radius 1 is 1.38 bits per heavy atom. The van der Waals surface area contributed by atoms with E-state index in [0.717, 1.165) is 5.56 Å². The summed E-state index contributed by atoms with van der Waals surface area (Å²) in [5, 5.41) is 3.33. The first-order valence-electron chi connectivity index (χ1n) is 7.57. The predicted octanol–water partition coefficient (Wildman–Crippen LogP) is 2.32. The quantitative estimate of drug-likeness (QED) is 0.800. The van der Waals surface area contributed by atoms with Gasteiger partial charge in [0.2, 0.25) is 0 Å². The molecule has 1 aromatic rings. The molecule has 0 saturated heterocycles. The van der Waals surface area contributed by atoms with Gasteiger partial charge in [0.25, 0.3) is 5.91 Å². The molecular weight excluding hydrogens is 271 g/mol. The number of hydrogen-bond donors (Lipinski definition) is 1. The molecule has 4 nitrogen and oxygen atoms in total. The van der Waals surface area contributed by atoms with Crippen molar-refractivity contribution in [3.8, 4) is 5.75 Å². The Balaban J connectivity index is 1.98. The highest BCUT2D eigenvalue weighted by Gasteiger charge is 2.21. The number of para-hydroxylation sites is 1. The molecule has 0 atom stereocenters. The summed E-state index contributed by atoms with van der Waals surface area (Å²) in [5.41, 5.74) is 0.759. The van der Waals surface area contributed by atoms with Crippen LogP contribution in [0.25, 0.3) is 0 Å². The van der Waals surface area contributed by atoms with Gasteiger partial charge in [-0.05, 0) is 32.8 Å². The lowest BCUT2D eigenvalue weighted by atomic mass is 10.2. The lowest BCUT2D eigenvalue weighted by Gasteiger charge is -2.19. The van der Waals surface area contributed by atoms with E-state index in [-0.39, 0.29) is 18.3 Å². The van der Waals surface area contributed by atoms with Crippen molar-refractivity contribution in [1.82, 2.24) is 10.2 Å². The van der Waals surface area contributed by atoms with E-state index in [4.69, 9.17) is 4.74 Å². The van der Waals surface area contributed by atoms with Crippen molar-refractivity contribution in [1.29, 1.82) is 0 Å². The van der Waals surface area contributed by atoms with Crippen LogP contribution in [0.3, 0.4) is 0 Å². The maximum Gasteiger partial charge on any atom is 0.260 e. The van der Waals surface area contributed by atoms with E-state index in [1.54, 1.807) is 11.0 Å². The molecule has 0 bridgehead atoms. The first-order chi connectivity index (χ1) is 10.2. The number of benzene rings is 1. The van der Waals surface area contributed by atoms with Crippen molar-refractivity contribution in [3.63, 3.8) is 0 Å². The van der Waals surface area contributed by atoms with Crippen molar-refractivity contribution >= 4 is 5.91 Å². The molecule has 1 aliphatic carbocycles. The number of nitrogens with one attached hydrogen (secondary N) is 1. The molecule has 21 heavy (non-hydrogen) atoms. The minimum atomic E-state index is -0.419. The summed E-state index contributed by atoms with van der Waals surface area (Å²) in [6, 6.07) is 5.39. The van der Waals surface area contributed by atoms with Gasteiger partial charge in [-0.1, -0.05) is 12.1 Å². The van der Waals surface area contributed by atoms with Crippen LogP contribution in [0, 0.1) is 5.82 Å². The molecule has 1 N–H and O–H groups in total. The van der Waals surface area contributed by atoms with Crippen LogP contribution in [0.5, 0.6) is 5.75 Å². The molecule has 0 unspecified atom stereocenters. The molecule has 0 aromatic heterocycles. The minimum Gasteiger partial charge on any atom is -0.480 e. The minimum absolute atomic E-state index is 0.121. The molecule has 0 spiro atoms. The second kappa shape index (κ2) is 7.41. The summed E-state index contributed by atoms with van der Waals surface area (Å²) in [6.07, 6.45) is 2.35. The Hall–Kier alpha value is -1.62. The maximum absolute atomic E-state index is 13.9. The van der Waals surface area contributed by atoms with Crippen LogP contribution in [0.4, 0.5) is 4.39 Å². The number of hydrogen-bond acceptors (Lipinski definition) is 3. The third-order valence-corrected chi connectivity index (χ3v) is 3.66. The van der Waals surface area contributed by atoms with Gasteiger partial charge in [-0.25, -0.2) is 4.39 Å². The molecule has 5 heteroatoms. The molecule has 0 heterocycles. The molecular formula is C16H23FN2O2. The molecule has 1 fully saturated rings. The zero-order valence-corrected chi connectivity index (χ0v) is 12.7. The highest BCUT2D eigenvalue weighted by atomic mass is 19.1. The number of carbonyl (C=O) groups excluding carboxylic acids is 1. The summed E-state index contributed by atoms with van der Waals surface area (Å²) in [4.78, 5) is 13.6. The molecule has 2 rings (SSSR count). The van der Waals surface area contributed by atoms with E-state index in [2.05, 4.69) is 5.32 Å². The number of likely N-dealkylation sites (N-methyl/N-ethyl adjacent to an activating group) is 1. The number of nitrogens with zero attached hydrogens (tertiary/aromatic N) is 1. The first kappa shape index (κ1) is 15.8. The van der Waals surface area contributed by atoms with E-state index >= 15 is 0 Å². The Kier molecular flexibility index (Phi) is 5.56. The van der Waals surface area contributed by atoms with Gasteiger partial charge in [-0.15, -0.1) is 0 Å². The van der Waals surface area contributed by atoms with Crippen LogP contribution in [0.1, 0.15) is 32.3 Å². The first-order valence-corrected chi connectivity index (χ1v) is 7.57. The third-order valence-electron chi connectivity index (χ3n) is 3.66. The molecule has 0 radical (unpaired) electrons. The fraction of sp³-hybridized carbons (Fsp3) is 0.562. The summed E-state index contributed by atoms with van der Waals surface area (Å²) in [6.45, 7) is 5.53. The normalized spacial score (nSPS) is 14.0. The summed E-state index contributed by atoms with van der Waals surface area (Å²) in [7, 11) is 0. The van der Waals surface area contributed by atoms with Gasteiger partial charge in [0.05, 0.1) is 0 Å². The number of rotatable bonds is 8. The number of carbonyl (C=O) groups is 1. The van der Waals surface area contributed by atoms with Gasteiger partial charge in [0, 0.05) is 31.2 Å². The predicted molar refractivity (Wildman–Crippen MR) is 79.7 cm³/mol. The molecule has 116 valence electrons. The Morgan fingerprint density at radius 3 is 2.71 bits per heavy atom. The fourth-order valence-electron chi connectivity index (χ4n) is 2.20. The van der Waals surface area contributed by atoms with Crippen LogP contribution in [0.15, 0.2) is 18.2 Å². The van der Waals surface area contributed by atoms with E-state index < -0.39 is 5.82 Å². The van der Waals surface area contributed by atoms with Crippen LogP contribution < -0.4 is 10.1 Å². The van der Waals surface area contributed by atoms with Crippen molar-refractivity contribution in [2.24, 2.45) is 0 Å². The molecule has 0 aliphatic heterocycles. The van der Waals surface area contributed by atoms with Crippen molar-refractivity contribution < 1.29 is 13.9 Å². The highest BCUT2D eigenvalue weighted by molar-refractivity contribution is 5.77. The monoisotopic (exact) mass is 294 g/mol. The second-order valence-corrected chi connectivity index (χ2v) is 5.24. The van der Waals surface area contributed by atoms with Crippen LogP contribution in [-0.2, 0) is 11.3 Å². The molecule has 1 aromatic carbocycles. The van der Waals surface area contributed by atoms with E-state index in [9.17, 15) is 9.18 Å². The smallest absolute Gasteiger partial charge is 0.260 e. The van der Waals surface area contributed by atoms with Crippen LogP contribution in [-0.4, -0.2) is 36.5 Å². The van der Waals surface area contributed by atoms with Crippen LogP contribution in [0.2, 0.25) is 0 Å². The Labute approximate surface area is 125 Å². The topological polar surface area (TPSA) is 41.6 Å². The highest BCUT2D eigenvalue weighted by Crippen LogP contribution is 2.25. The molecule has 1 aliphatic rings. The average Bonchev–Trinajstić information content (AvgIpc) is 3.29. The van der Waals surface area contributed by atoms with Gasteiger partial charge >= 0.3 is 0 Å². The second-order valence-electron chi connectivity index (χ2n) is 5.24. The van der Waals surface area contributed by atoms with Gasteiger partial charge in [-0.2, -0.15) is 0 Å². The van der Waals surface area contributed by atoms with E-state index in [0.29, 0.717) is 25.7 Å². The van der Waals surface area contributed by atoms with Crippen molar-refractivity contribution in [2.45, 2.75) is 39.3 Å². The Morgan fingerprint density at radius 2 is 2.10 bits per heavy atom. The van der Waals surface area contributed by atoms with Crippen molar-refractivity contribution in [2.75, 3.05) is 19.7 Å². The zero-order valence-electron chi connectivity index (χ0n) is 12.7. The fourth-order valence-corrected chi connectivity index (χ4v) is 2.20. The third kappa shape index (κ3) is 4.43. The van der Waals surface area contributed by atoms with Gasteiger partial charge in [0.15, 0.2) is 18.2 Å². The van der Waals surface area contributed by atoms with Gasteiger partial charge < -0.3 is 15.0 Å². The standard InChI is InChI=1S/C16H23FN2O2/c1-3-19(4-2)15(20)11-21-16-12(6-5-7-14(16)17)10-18-13-8-9-13/h5-7,13,18H,3-4,8-11H2,1-2H3. The summed E-state index contributed by atoms with van der Waals surface area (Å²) in [5.74, 6) is -0.354. The van der Waals surface area contributed by atoms with Crippen molar-refractivity contribution in [3.05, 3.63) is 29.6 Å². The number of halogens is 1. The lowest BCUT2D eigenvalue weighted by Crippen LogP contribution is -2.34. The lowest BCUT2D eigenvalue weighted by molar-refractivity contribution is -0.133. The molecule has 1 amide bonds. The maximum atomic E-state index is 13.9. The zero-order chi connectivity index (χ0) is 15.2. The van der Waals surface area contributed by atoms with Gasteiger partial charge in [-0.3, -0.25) is 4.79 Å². The van der Waals surface area contributed by atoms with Gasteiger partial charge in [0.1, 0.15) is 0 Å². The van der Waals surface area contributed by atoms with E-state index in [1.807, 2.05) is 19.9 Å².